The van der Waals surface area contributed by atoms with Gasteiger partial charge in [0.15, 0.2) is 0 Å². The average molecular weight is 222 g/mol. The molecule has 0 spiro atoms. The molecule has 1 aliphatic rings. The van der Waals surface area contributed by atoms with Crippen molar-refractivity contribution < 1.29 is 14.3 Å². The molecule has 3 unspecified atom stereocenters. The lowest BCUT2D eigenvalue weighted by Gasteiger charge is -2.28. The Morgan fingerprint density at radius 3 is 2.38 bits per heavy atom. The number of cyclic esters (lactones) is 2. The standard InChI is InChI=1S/C13H18O3/c1-6-9-10(12(15)16-11(9)14)7-8(2)13(3,4)5/h1,8-10H,7H2,2-5H3. The van der Waals surface area contributed by atoms with Crippen LogP contribution in [0.25, 0.3) is 0 Å². The van der Waals surface area contributed by atoms with Gasteiger partial charge in [-0.3, -0.25) is 9.59 Å². The highest BCUT2D eigenvalue weighted by Crippen LogP contribution is 2.36. The van der Waals surface area contributed by atoms with E-state index in [-0.39, 0.29) is 5.41 Å². The number of esters is 2. The van der Waals surface area contributed by atoms with E-state index in [2.05, 4.69) is 38.4 Å². The molecule has 0 aliphatic carbocycles. The zero-order chi connectivity index (χ0) is 12.5. The van der Waals surface area contributed by atoms with Gasteiger partial charge in [-0.1, -0.05) is 33.6 Å². The first-order valence-electron chi connectivity index (χ1n) is 5.49. The largest absolute Gasteiger partial charge is 0.392 e. The predicted molar refractivity (Wildman–Crippen MR) is 60.1 cm³/mol. The van der Waals surface area contributed by atoms with Crippen LogP contribution in [0.15, 0.2) is 0 Å². The fourth-order valence-corrected chi connectivity index (χ4v) is 1.69. The molecular weight excluding hydrogens is 204 g/mol. The Bertz CT molecular complexity index is 343. The summed E-state index contributed by atoms with van der Waals surface area (Å²) in [5.74, 6) is 0.451. The van der Waals surface area contributed by atoms with Crippen LogP contribution < -0.4 is 0 Å². The topological polar surface area (TPSA) is 43.4 Å². The highest BCUT2D eigenvalue weighted by molar-refractivity contribution is 5.98. The summed E-state index contributed by atoms with van der Waals surface area (Å²) in [5, 5.41) is 0. The zero-order valence-corrected chi connectivity index (χ0v) is 10.2. The SMILES string of the molecule is C#CC1C(=O)OC(=O)C1CC(C)C(C)(C)C. The van der Waals surface area contributed by atoms with Crippen molar-refractivity contribution in [3.05, 3.63) is 0 Å². The number of hydrogen-bond donors (Lipinski definition) is 0. The zero-order valence-electron chi connectivity index (χ0n) is 10.2. The summed E-state index contributed by atoms with van der Waals surface area (Å²) < 4.78 is 4.57. The monoisotopic (exact) mass is 222 g/mol. The van der Waals surface area contributed by atoms with Crippen molar-refractivity contribution in [1.29, 1.82) is 0 Å². The van der Waals surface area contributed by atoms with Crippen LogP contribution in [-0.4, -0.2) is 11.9 Å². The van der Waals surface area contributed by atoms with Gasteiger partial charge in [-0.25, -0.2) is 0 Å². The van der Waals surface area contributed by atoms with Crippen LogP contribution in [0.4, 0.5) is 0 Å². The van der Waals surface area contributed by atoms with E-state index >= 15 is 0 Å². The second kappa shape index (κ2) is 4.29. The lowest BCUT2D eigenvalue weighted by molar-refractivity contribution is -0.153. The third-order valence-corrected chi connectivity index (χ3v) is 3.43. The third-order valence-electron chi connectivity index (χ3n) is 3.43. The number of terminal acetylenes is 1. The Hall–Kier alpha value is -1.30. The molecule has 0 aromatic heterocycles. The number of rotatable bonds is 2. The van der Waals surface area contributed by atoms with Gasteiger partial charge in [-0.15, -0.1) is 6.42 Å². The number of carbonyl (C=O) groups is 2. The lowest BCUT2D eigenvalue weighted by Crippen LogP contribution is -2.25. The van der Waals surface area contributed by atoms with Gasteiger partial charge >= 0.3 is 11.9 Å². The first kappa shape index (κ1) is 12.8. The van der Waals surface area contributed by atoms with E-state index in [1.54, 1.807) is 0 Å². The molecule has 3 atom stereocenters. The van der Waals surface area contributed by atoms with Crippen molar-refractivity contribution in [2.24, 2.45) is 23.2 Å². The summed E-state index contributed by atoms with van der Waals surface area (Å²) in [6, 6.07) is 0. The summed E-state index contributed by atoms with van der Waals surface area (Å²) in [4.78, 5) is 22.7. The quantitative estimate of drug-likeness (QED) is 0.408. The molecule has 1 fully saturated rings. The van der Waals surface area contributed by atoms with Crippen LogP contribution in [0.3, 0.4) is 0 Å². The Balaban J connectivity index is 2.78. The third kappa shape index (κ3) is 2.44. The molecule has 1 aliphatic heterocycles. The molecule has 1 heterocycles. The minimum absolute atomic E-state index is 0.0884. The van der Waals surface area contributed by atoms with E-state index in [4.69, 9.17) is 6.42 Å². The molecule has 1 saturated heterocycles. The van der Waals surface area contributed by atoms with Crippen molar-refractivity contribution >= 4 is 11.9 Å². The molecule has 88 valence electrons. The van der Waals surface area contributed by atoms with Crippen LogP contribution >= 0.6 is 0 Å². The molecule has 0 bridgehead atoms. The smallest absolute Gasteiger partial charge is 0.329 e. The first-order chi connectivity index (χ1) is 7.27. The summed E-state index contributed by atoms with van der Waals surface area (Å²) in [7, 11) is 0. The first-order valence-corrected chi connectivity index (χ1v) is 5.49. The molecule has 0 aromatic carbocycles. The van der Waals surface area contributed by atoms with E-state index in [1.807, 2.05) is 0 Å². The van der Waals surface area contributed by atoms with Crippen molar-refractivity contribution in [3.63, 3.8) is 0 Å². The molecule has 16 heavy (non-hydrogen) atoms. The van der Waals surface area contributed by atoms with Crippen LogP contribution in [0, 0.1) is 35.5 Å². The Morgan fingerprint density at radius 1 is 1.38 bits per heavy atom. The maximum absolute atomic E-state index is 11.5. The molecule has 0 aromatic rings. The summed E-state index contributed by atoms with van der Waals surface area (Å²) in [5.41, 5.74) is 0.0884. The second-order valence-corrected chi connectivity index (χ2v) is 5.49. The van der Waals surface area contributed by atoms with Crippen molar-refractivity contribution in [1.82, 2.24) is 0 Å². The second-order valence-electron chi connectivity index (χ2n) is 5.49. The van der Waals surface area contributed by atoms with Gasteiger partial charge in [0, 0.05) is 0 Å². The molecule has 3 heteroatoms. The van der Waals surface area contributed by atoms with Gasteiger partial charge in [0.2, 0.25) is 0 Å². The Kier molecular flexibility index (Phi) is 3.42. The van der Waals surface area contributed by atoms with Gasteiger partial charge in [-0.05, 0) is 17.8 Å². The Labute approximate surface area is 96.5 Å². The van der Waals surface area contributed by atoms with Gasteiger partial charge < -0.3 is 4.74 Å². The van der Waals surface area contributed by atoms with Gasteiger partial charge in [0.25, 0.3) is 0 Å². The van der Waals surface area contributed by atoms with Crippen molar-refractivity contribution in [2.45, 2.75) is 34.1 Å². The maximum Gasteiger partial charge on any atom is 0.329 e. The van der Waals surface area contributed by atoms with E-state index in [9.17, 15) is 9.59 Å². The summed E-state index contributed by atoms with van der Waals surface area (Å²) in [6.07, 6.45) is 5.86. The van der Waals surface area contributed by atoms with Gasteiger partial charge in [0.1, 0.15) is 5.92 Å². The minimum Gasteiger partial charge on any atom is -0.392 e. The van der Waals surface area contributed by atoms with E-state index in [0.717, 1.165) is 0 Å². The van der Waals surface area contributed by atoms with E-state index < -0.39 is 23.8 Å². The van der Waals surface area contributed by atoms with Crippen LogP contribution in [0.5, 0.6) is 0 Å². The number of carbonyl (C=O) groups excluding carboxylic acids is 2. The number of hydrogen-bond acceptors (Lipinski definition) is 3. The molecule has 0 N–H and O–H groups in total. The van der Waals surface area contributed by atoms with E-state index in [0.29, 0.717) is 12.3 Å². The van der Waals surface area contributed by atoms with Crippen LogP contribution in [0.1, 0.15) is 34.1 Å². The van der Waals surface area contributed by atoms with Gasteiger partial charge in [0.05, 0.1) is 5.92 Å². The summed E-state index contributed by atoms with van der Waals surface area (Å²) in [6.45, 7) is 8.36. The molecule has 0 amide bonds. The lowest BCUT2D eigenvalue weighted by atomic mass is 9.75. The molecule has 0 radical (unpaired) electrons. The Morgan fingerprint density at radius 2 is 1.94 bits per heavy atom. The number of ether oxygens (including phenoxy) is 1. The van der Waals surface area contributed by atoms with Crippen LogP contribution in [-0.2, 0) is 14.3 Å². The fourth-order valence-electron chi connectivity index (χ4n) is 1.69. The minimum atomic E-state index is -0.697. The predicted octanol–water partition coefficient (Wildman–Crippen LogP) is 2.01. The fraction of sp³-hybridized carbons (Fsp3) is 0.692. The maximum atomic E-state index is 11.5. The van der Waals surface area contributed by atoms with Crippen molar-refractivity contribution in [3.8, 4) is 12.3 Å². The average Bonchev–Trinajstić information content (AvgIpc) is 2.40. The molecular formula is C13H18O3. The van der Waals surface area contributed by atoms with Crippen molar-refractivity contribution in [2.75, 3.05) is 0 Å². The molecule has 0 saturated carbocycles. The molecule has 3 nitrogen and oxygen atoms in total. The highest BCUT2D eigenvalue weighted by atomic mass is 16.6. The van der Waals surface area contributed by atoms with Crippen LogP contribution in [0.2, 0.25) is 0 Å². The highest BCUT2D eigenvalue weighted by Gasteiger charge is 2.44. The van der Waals surface area contributed by atoms with Gasteiger partial charge in [-0.2, -0.15) is 0 Å². The molecule has 1 rings (SSSR count). The van der Waals surface area contributed by atoms with E-state index in [1.165, 1.54) is 0 Å². The summed E-state index contributed by atoms with van der Waals surface area (Å²) >= 11 is 0. The normalized spacial score (nSPS) is 27.4.